The van der Waals surface area contributed by atoms with Crippen molar-refractivity contribution in [2.45, 2.75) is 12.9 Å². The molecule has 0 radical (unpaired) electrons. The van der Waals surface area contributed by atoms with E-state index in [1.165, 1.54) is 23.1 Å². The highest BCUT2D eigenvalue weighted by atomic mass is 79.9. The van der Waals surface area contributed by atoms with E-state index in [-0.39, 0.29) is 36.9 Å². The first-order valence-electron chi connectivity index (χ1n) is 8.47. The number of hydrogen-bond acceptors (Lipinski definition) is 4. The minimum absolute atomic E-state index is 0.0392. The molecule has 0 aliphatic rings. The lowest BCUT2D eigenvalue weighted by atomic mass is 10.2. The molecule has 0 bridgehead atoms. The van der Waals surface area contributed by atoms with E-state index in [4.69, 9.17) is 0 Å². The normalized spacial score (nSPS) is 11.2. The molecule has 0 fully saturated rings. The Balaban J connectivity index is 1.82. The van der Waals surface area contributed by atoms with Crippen LogP contribution < -0.4 is 15.4 Å². The van der Waals surface area contributed by atoms with Crippen molar-refractivity contribution >= 4 is 33.4 Å². The largest absolute Gasteiger partial charge is 0.573 e. The van der Waals surface area contributed by atoms with Gasteiger partial charge in [-0.3, -0.25) is 14.5 Å². The molecule has 0 spiro atoms. The van der Waals surface area contributed by atoms with Crippen LogP contribution in [0.5, 0.6) is 5.75 Å². The molecule has 0 saturated heterocycles. The fraction of sp³-hybridized carbons (Fsp3) is 0.263. The summed E-state index contributed by atoms with van der Waals surface area (Å²) in [5.74, 6) is -1.12. The van der Waals surface area contributed by atoms with E-state index in [2.05, 4.69) is 31.3 Å². The molecule has 0 aliphatic heterocycles. The van der Waals surface area contributed by atoms with Gasteiger partial charge in [-0.15, -0.1) is 13.2 Å². The Morgan fingerprint density at radius 1 is 1.03 bits per heavy atom. The number of nitrogens with one attached hydrogen (secondary N) is 2. The number of rotatable bonds is 8. The van der Waals surface area contributed by atoms with Crippen molar-refractivity contribution in [3.05, 3.63) is 58.6 Å². The van der Waals surface area contributed by atoms with Gasteiger partial charge in [-0.1, -0.05) is 30.3 Å². The molecule has 156 valence electrons. The van der Waals surface area contributed by atoms with Gasteiger partial charge in [0.15, 0.2) is 0 Å². The standard InChI is InChI=1S/C19H19BrF3N3O3/c1-26(12-18(28)25-15-8-4-3-7-14(15)20)11-17(27)24-10-13-6-2-5-9-16(13)29-19(21,22)23/h2-9H,10-12H2,1H3,(H,24,27)(H,25,28). The van der Waals surface area contributed by atoms with E-state index in [1.807, 2.05) is 6.07 Å². The predicted octanol–water partition coefficient (Wildman–Crippen LogP) is 3.53. The van der Waals surface area contributed by atoms with Crippen LogP contribution in [-0.2, 0) is 16.1 Å². The lowest BCUT2D eigenvalue weighted by molar-refractivity contribution is -0.274. The van der Waals surface area contributed by atoms with Crippen molar-refractivity contribution in [2.24, 2.45) is 0 Å². The van der Waals surface area contributed by atoms with Crippen molar-refractivity contribution in [1.82, 2.24) is 10.2 Å². The summed E-state index contributed by atoms with van der Waals surface area (Å²) in [7, 11) is 1.58. The quantitative estimate of drug-likeness (QED) is 0.615. The Hall–Kier alpha value is -2.59. The molecule has 0 aromatic heterocycles. The fourth-order valence-corrected chi connectivity index (χ4v) is 2.81. The van der Waals surface area contributed by atoms with Crippen LogP contribution >= 0.6 is 15.9 Å². The Bertz CT molecular complexity index is 862. The van der Waals surface area contributed by atoms with Gasteiger partial charge in [-0.2, -0.15) is 0 Å². The van der Waals surface area contributed by atoms with E-state index < -0.39 is 12.3 Å². The molecule has 2 amide bonds. The number of nitrogens with zero attached hydrogens (tertiary/aromatic N) is 1. The van der Waals surface area contributed by atoms with E-state index in [0.717, 1.165) is 4.47 Å². The van der Waals surface area contributed by atoms with Gasteiger partial charge in [0.1, 0.15) is 5.75 Å². The van der Waals surface area contributed by atoms with Gasteiger partial charge in [0, 0.05) is 16.6 Å². The summed E-state index contributed by atoms with van der Waals surface area (Å²) in [5, 5.41) is 5.24. The Morgan fingerprint density at radius 2 is 1.66 bits per heavy atom. The second-order valence-electron chi connectivity index (χ2n) is 6.13. The SMILES string of the molecule is CN(CC(=O)NCc1ccccc1OC(F)(F)F)CC(=O)Nc1ccccc1Br. The molecule has 6 nitrogen and oxygen atoms in total. The van der Waals surface area contributed by atoms with Crippen LogP contribution in [0.15, 0.2) is 53.0 Å². The summed E-state index contributed by atoms with van der Waals surface area (Å²) in [6.07, 6.45) is -4.82. The highest BCUT2D eigenvalue weighted by molar-refractivity contribution is 9.10. The maximum Gasteiger partial charge on any atom is 0.573 e. The van der Waals surface area contributed by atoms with E-state index in [9.17, 15) is 22.8 Å². The molecule has 0 heterocycles. The van der Waals surface area contributed by atoms with Crippen LogP contribution in [0.1, 0.15) is 5.56 Å². The average Bonchev–Trinajstić information content (AvgIpc) is 2.61. The van der Waals surface area contributed by atoms with Gasteiger partial charge < -0.3 is 15.4 Å². The monoisotopic (exact) mass is 473 g/mol. The number of para-hydroxylation sites is 2. The molecule has 2 N–H and O–H groups in total. The van der Waals surface area contributed by atoms with Crippen LogP contribution in [0.4, 0.5) is 18.9 Å². The van der Waals surface area contributed by atoms with Crippen LogP contribution in [0, 0.1) is 0 Å². The van der Waals surface area contributed by atoms with Gasteiger partial charge in [0.05, 0.1) is 18.8 Å². The Morgan fingerprint density at radius 3 is 2.34 bits per heavy atom. The number of anilines is 1. The number of benzene rings is 2. The number of carbonyl (C=O) groups is 2. The lowest BCUT2D eigenvalue weighted by Crippen LogP contribution is -2.38. The minimum Gasteiger partial charge on any atom is -0.405 e. The van der Waals surface area contributed by atoms with Crippen molar-refractivity contribution < 1.29 is 27.5 Å². The van der Waals surface area contributed by atoms with E-state index in [1.54, 1.807) is 31.3 Å². The van der Waals surface area contributed by atoms with Gasteiger partial charge in [0.25, 0.3) is 0 Å². The zero-order valence-electron chi connectivity index (χ0n) is 15.4. The first kappa shape index (κ1) is 22.7. The number of likely N-dealkylation sites (N-methyl/N-ethyl adjacent to an activating group) is 1. The lowest BCUT2D eigenvalue weighted by Gasteiger charge is -2.17. The third-order valence-electron chi connectivity index (χ3n) is 3.65. The molecule has 29 heavy (non-hydrogen) atoms. The maximum absolute atomic E-state index is 12.4. The Kier molecular flexibility index (Phi) is 8.03. The third-order valence-corrected chi connectivity index (χ3v) is 4.34. The van der Waals surface area contributed by atoms with Crippen LogP contribution in [0.2, 0.25) is 0 Å². The van der Waals surface area contributed by atoms with Gasteiger partial charge in [0.2, 0.25) is 11.8 Å². The number of alkyl halides is 3. The Labute approximate surface area is 174 Å². The smallest absolute Gasteiger partial charge is 0.405 e. The van der Waals surface area contributed by atoms with Crippen molar-refractivity contribution in [3.63, 3.8) is 0 Å². The zero-order valence-corrected chi connectivity index (χ0v) is 17.0. The summed E-state index contributed by atoms with van der Waals surface area (Å²) < 4.78 is 42.0. The molecule has 2 rings (SSSR count). The van der Waals surface area contributed by atoms with Crippen molar-refractivity contribution in [1.29, 1.82) is 0 Å². The molecular weight excluding hydrogens is 455 g/mol. The maximum atomic E-state index is 12.4. The summed E-state index contributed by atoms with van der Waals surface area (Å²) in [6, 6.07) is 12.7. The fourth-order valence-electron chi connectivity index (χ4n) is 2.42. The molecule has 2 aromatic carbocycles. The number of carbonyl (C=O) groups excluding carboxylic acids is 2. The molecule has 2 aromatic rings. The van der Waals surface area contributed by atoms with Crippen molar-refractivity contribution in [2.75, 3.05) is 25.5 Å². The number of ether oxygens (including phenoxy) is 1. The molecule has 0 aliphatic carbocycles. The van der Waals surface area contributed by atoms with Gasteiger partial charge in [-0.25, -0.2) is 0 Å². The highest BCUT2D eigenvalue weighted by Crippen LogP contribution is 2.26. The minimum atomic E-state index is -4.82. The topological polar surface area (TPSA) is 70.7 Å². The molecule has 0 atom stereocenters. The van der Waals surface area contributed by atoms with Gasteiger partial charge in [-0.05, 0) is 41.2 Å². The number of amides is 2. The average molecular weight is 474 g/mol. The first-order chi connectivity index (χ1) is 13.6. The van der Waals surface area contributed by atoms with Crippen LogP contribution in [-0.4, -0.2) is 43.2 Å². The second kappa shape index (κ2) is 10.3. The van der Waals surface area contributed by atoms with Gasteiger partial charge >= 0.3 is 6.36 Å². The third kappa shape index (κ3) is 8.12. The molecular formula is C19H19BrF3N3O3. The van der Waals surface area contributed by atoms with Crippen molar-refractivity contribution in [3.8, 4) is 5.75 Å². The summed E-state index contributed by atoms with van der Waals surface area (Å²) >= 11 is 3.32. The van der Waals surface area contributed by atoms with Crippen LogP contribution in [0.25, 0.3) is 0 Å². The zero-order chi connectivity index (χ0) is 21.4. The molecule has 0 unspecified atom stereocenters. The summed E-state index contributed by atoms with van der Waals surface area (Å²) in [6.45, 7) is -0.281. The highest BCUT2D eigenvalue weighted by Gasteiger charge is 2.32. The molecule has 0 saturated carbocycles. The second-order valence-corrected chi connectivity index (χ2v) is 6.99. The summed E-state index contributed by atoms with van der Waals surface area (Å²) in [5.41, 5.74) is 0.795. The predicted molar refractivity (Wildman–Crippen MR) is 105 cm³/mol. The van der Waals surface area contributed by atoms with Crippen LogP contribution in [0.3, 0.4) is 0 Å². The number of halogens is 4. The number of hydrogen-bond donors (Lipinski definition) is 2. The van der Waals surface area contributed by atoms with E-state index in [0.29, 0.717) is 5.69 Å². The summed E-state index contributed by atoms with van der Waals surface area (Å²) in [4.78, 5) is 25.6. The first-order valence-corrected chi connectivity index (χ1v) is 9.26. The molecule has 10 heteroatoms. The van der Waals surface area contributed by atoms with E-state index >= 15 is 0 Å².